The van der Waals surface area contributed by atoms with Gasteiger partial charge in [-0.15, -0.1) is 0 Å². The van der Waals surface area contributed by atoms with E-state index in [-0.39, 0.29) is 25.5 Å². The van der Waals surface area contributed by atoms with E-state index in [0.29, 0.717) is 0 Å². The Hall–Kier alpha value is -2.03. The van der Waals surface area contributed by atoms with Crippen LogP contribution in [-0.2, 0) is 30.3 Å². The van der Waals surface area contributed by atoms with E-state index in [1.54, 1.807) is 12.1 Å². The molecule has 2 rings (SSSR count). The molecular weight excluding hydrogens is 282 g/mol. The topological polar surface area (TPSA) is 97.1 Å². The maximum atomic E-state index is 10.7. The number of nitrogens with zero attached hydrogens (tertiary/aromatic N) is 1. The summed E-state index contributed by atoms with van der Waals surface area (Å²) in [7, 11) is 0. The molecule has 1 fully saturated rings. The Bertz CT molecular complexity index is 502. The maximum absolute atomic E-state index is 10.7. The van der Waals surface area contributed by atoms with Gasteiger partial charge in [0.25, 0.3) is 5.69 Å². The van der Waals surface area contributed by atoms with Crippen molar-refractivity contribution in [3.63, 3.8) is 0 Å². The highest BCUT2D eigenvalue weighted by molar-refractivity contribution is 5.66. The number of carbonyl (C=O) groups is 1. The number of non-ortho nitro benzene ring substituents is 1. The van der Waals surface area contributed by atoms with E-state index in [1.807, 2.05) is 0 Å². The molecule has 1 aliphatic heterocycles. The fraction of sp³-hybridized carbons (Fsp3) is 0.462. The minimum Gasteiger partial charge on any atom is -0.433 e. The van der Waals surface area contributed by atoms with Crippen LogP contribution in [0.1, 0.15) is 12.5 Å². The van der Waals surface area contributed by atoms with E-state index in [4.69, 9.17) is 18.9 Å². The third-order valence-corrected chi connectivity index (χ3v) is 2.69. The second kappa shape index (κ2) is 7.11. The van der Waals surface area contributed by atoms with E-state index in [1.165, 1.54) is 19.1 Å². The third kappa shape index (κ3) is 4.78. The van der Waals surface area contributed by atoms with Crippen molar-refractivity contribution in [2.24, 2.45) is 0 Å². The molecule has 0 spiro atoms. The normalized spacial score (nSPS) is 21.2. The average molecular weight is 297 g/mol. The number of nitro benzene ring substituents is 1. The summed E-state index contributed by atoms with van der Waals surface area (Å²) in [5.74, 6) is -0.434. The molecule has 114 valence electrons. The first kappa shape index (κ1) is 15.4. The Kier molecular flexibility index (Phi) is 5.20. The number of hydrogen-bond acceptors (Lipinski definition) is 7. The molecule has 0 N–H and O–H groups in total. The SMILES string of the molecule is CC(=O)OC1CO[C@@H](COCc2ccc([N+](=O)[O-])cc2)O1. The minimum atomic E-state index is -0.699. The van der Waals surface area contributed by atoms with Gasteiger partial charge in [-0.1, -0.05) is 0 Å². The van der Waals surface area contributed by atoms with Gasteiger partial charge in [-0.05, 0) is 17.7 Å². The van der Waals surface area contributed by atoms with Gasteiger partial charge in [-0.2, -0.15) is 0 Å². The molecule has 1 heterocycles. The molecule has 8 heteroatoms. The molecular formula is C13H15NO7. The summed E-state index contributed by atoms with van der Waals surface area (Å²) in [5, 5.41) is 10.5. The van der Waals surface area contributed by atoms with Gasteiger partial charge in [-0.25, -0.2) is 0 Å². The van der Waals surface area contributed by atoms with Crippen molar-refractivity contribution in [3.8, 4) is 0 Å². The van der Waals surface area contributed by atoms with Gasteiger partial charge >= 0.3 is 5.97 Å². The Morgan fingerprint density at radius 1 is 1.43 bits per heavy atom. The predicted octanol–water partition coefficient (Wildman–Crippen LogP) is 1.37. The summed E-state index contributed by atoms with van der Waals surface area (Å²) in [4.78, 5) is 20.8. The van der Waals surface area contributed by atoms with Crippen LogP contribution in [-0.4, -0.2) is 36.7 Å². The summed E-state index contributed by atoms with van der Waals surface area (Å²) in [6, 6.07) is 6.07. The van der Waals surface area contributed by atoms with Crippen LogP contribution < -0.4 is 0 Å². The Labute approximate surface area is 120 Å². The molecule has 1 unspecified atom stereocenters. The zero-order valence-electron chi connectivity index (χ0n) is 11.4. The number of benzene rings is 1. The number of hydrogen-bond donors (Lipinski definition) is 0. The summed E-state index contributed by atoms with van der Waals surface area (Å²) < 4.78 is 20.8. The monoisotopic (exact) mass is 297 g/mol. The fourth-order valence-electron chi connectivity index (χ4n) is 1.75. The molecule has 1 aromatic carbocycles. The second-order valence-electron chi connectivity index (χ2n) is 4.38. The van der Waals surface area contributed by atoms with Crippen molar-refractivity contribution in [3.05, 3.63) is 39.9 Å². The van der Waals surface area contributed by atoms with Crippen LogP contribution in [0.3, 0.4) is 0 Å². The van der Waals surface area contributed by atoms with Crippen LogP contribution in [0.15, 0.2) is 24.3 Å². The van der Waals surface area contributed by atoms with Crippen molar-refractivity contribution in [2.75, 3.05) is 13.2 Å². The maximum Gasteiger partial charge on any atom is 0.305 e. The zero-order chi connectivity index (χ0) is 15.2. The van der Waals surface area contributed by atoms with Crippen LogP contribution in [0.5, 0.6) is 0 Å². The van der Waals surface area contributed by atoms with Crippen molar-refractivity contribution in [2.45, 2.75) is 26.1 Å². The van der Waals surface area contributed by atoms with E-state index < -0.39 is 23.5 Å². The Morgan fingerprint density at radius 2 is 2.14 bits per heavy atom. The molecule has 1 aliphatic rings. The van der Waals surface area contributed by atoms with E-state index in [9.17, 15) is 14.9 Å². The summed E-state index contributed by atoms with van der Waals surface area (Å²) in [6.07, 6.45) is -1.29. The molecule has 21 heavy (non-hydrogen) atoms. The number of esters is 1. The van der Waals surface area contributed by atoms with Crippen molar-refractivity contribution >= 4 is 11.7 Å². The molecule has 0 aromatic heterocycles. The van der Waals surface area contributed by atoms with Gasteiger partial charge < -0.3 is 18.9 Å². The first-order chi connectivity index (χ1) is 10.0. The summed E-state index contributed by atoms with van der Waals surface area (Å²) >= 11 is 0. The number of carbonyl (C=O) groups excluding carboxylic acids is 1. The third-order valence-electron chi connectivity index (χ3n) is 2.69. The van der Waals surface area contributed by atoms with Crippen LogP contribution in [0.2, 0.25) is 0 Å². The predicted molar refractivity (Wildman–Crippen MR) is 69.1 cm³/mol. The van der Waals surface area contributed by atoms with Crippen molar-refractivity contribution in [1.29, 1.82) is 0 Å². The Morgan fingerprint density at radius 3 is 2.76 bits per heavy atom. The van der Waals surface area contributed by atoms with E-state index >= 15 is 0 Å². The number of ether oxygens (including phenoxy) is 4. The number of nitro groups is 1. The smallest absolute Gasteiger partial charge is 0.305 e. The van der Waals surface area contributed by atoms with Gasteiger partial charge in [0.15, 0.2) is 6.29 Å². The first-order valence-corrected chi connectivity index (χ1v) is 6.30. The summed E-state index contributed by atoms with van der Waals surface area (Å²) in [5.41, 5.74) is 0.834. The molecule has 8 nitrogen and oxygen atoms in total. The van der Waals surface area contributed by atoms with Crippen molar-refractivity contribution < 1.29 is 28.7 Å². The molecule has 0 saturated carbocycles. The minimum absolute atomic E-state index is 0.0328. The van der Waals surface area contributed by atoms with Crippen LogP contribution >= 0.6 is 0 Å². The molecule has 0 bridgehead atoms. The average Bonchev–Trinajstić information content (AvgIpc) is 2.86. The van der Waals surface area contributed by atoms with Crippen molar-refractivity contribution in [1.82, 2.24) is 0 Å². The van der Waals surface area contributed by atoms with E-state index in [2.05, 4.69) is 0 Å². The molecule has 1 aromatic rings. The lowest BCUT2D eigenvalue weighted by Gasteiger charge is -2.11. The molecule has 2 atom stereocenters. The second-order valence-corrected chi connectivity index (χ2v) is 4.38. The summed E-state index contributed by atoms with van der Waals surface area (Å²) in [6.45, 7) is 1.92. The molecule has 1 saturated heterocycles. The zero-order valence-corrected chi connectivity index (χ0v) is 11.4. The largest absolute Gasteiger partial charge is 0.433 e. The molecule has 0 aliphatic carbocycles. The quantitative estimate of drug-likeness (QED) is 0.444. The van der Waals surface area contributed by atoms with Gasteiger partial charge in [0.05, 0.1) is 18.1 Å². The molecule has 0 radical (unpaired) electrons. The molecule has 0 amide bonds. The fourth-order valence-corrected chi connectivity index (χ4v) is 1.75. The highest BCUT2D eigenvalue weighted by Gasteiger charge is 2.28. The van der Waals surface area contributed by atoms with E-state index in [0.717, 1.165) is 5.56 Å². The lowest BCUT2D eigenvalue weighted by Crippen LogP contribution is -2.21. The van der Waals surface area contributed by atoms with Gasteiger partial charge in [0, 0.05) is 19.1 Å². The van der Waals surface area contributed by atoms with Gasteiger partial charge in [0.2, 0.25) is 6.29 Å². The van der Waals surface area contributed by atoms with Crippen LogP contribution in [0.4, 0.5) is 5.69 Å². The van der Waals surface area contributed by atoms with Crippen LogP contribution in [0.25, 0.3) is 0 Å². The van der Waals surface area contributed by atoms with Gasteiger partial charge in [0.1, 0.15) is 6.61 Å². The Balaban J connectivity index is 1.70. The lowest BCUT2D eigenvalue weighted by molar-refractivity contribution is -0.384. The first-order valence-electron chi connectivity index (χ1n) is 6.30. The standard InChI is InChI=1S/C13H15NO7/c1-9(15)20-13-8-19-12(21-13)7-18-6-10-2-4-11(5-3-10)14(16)17/h2-5,12-13H,6-8H2,1H3/t12-,13?/m1/s1. The highest BCUT2D eigenvalue weighted by Crippen LogP contribution is 2.15. The van der Waals surface area contributed by atoms with Crippen LogP contribution in [0, 0.1) is 10.1 Å². The number of rotatable bonds is 6. The highest BCUT2D eigenvalue weighted by atomic mass is 16.8. The lowest BCUT2D eigenvalue weighted by atomic mass is 10.2. The van der Waals surface area contributed by atoms with Gasteiger partial charge in [-0.3, -0.25) is 14.9 Å².